The molecule has 0 aliphatic heterocycles. The first-order chi connectivity index (χ1) is 14.9. The van der Waals surface area contributed by atoms with Crippen molar-refractivity contribution >= 4 is 12.6 Å². The van der Waals surface area contributed by atoms with Crippen molar-refractivity contribution in [3.63, 3.8) is 0 Å². The van der Waals surface area contributed by atoms with Crippen molar-refractivity contribution in [3.8, 4) is 28.0 Å². The standard InChI is InChI=1S/C29H36OS/c1-6-23(8-7-22(5)31)24-9-11-25(12-10-24)27-15-18-29(21(4)19-27)26-13-16-28(17-14-26)30-20(2)3/h9-20,22-23,31H,6-8H2,1-5H3. The summed E-state index contributed by atoms with van der Waals surface area (Å²) in [7, 11) is 0. The van der Waals surface area contributed by atoms with Crippen molar-refractivity contribution in [2.24, 2.45) is 0 Å². The van der Waals surface area contributed by atoms with Crippen LogP contribution in [0.3, 0.4) is 0 Å². The van der Waals surface area contributed by atoms with Crippen LogP contribution in [0.25, 0.3) is 22.3 Å². The van der Waals surface area contributed by atoms with E-state index in [2.05, 4.69) is 100 Å². The fourth-order valence-corrected chi connectivity index (χ4v) is 4.30. The summed E-state index contributed by atoms with van der Waals surface area (Å²) in [4.78, 5) is 0. The first kappa shape index (κ1) is 23.5. The van der Waals surface area contributed by atoms with Gasteiger partial charge in [0, 0.05) is 0 Å². The summed E-state index contributed by atoms with van der Waals surface area (Å²) in [6.07, 6.45) is 3.73. The normalized spacial score (nSPS) is 13.3. The Kier molecular flexibility index (Phi) is 8.26. The lowest BCUT2D eigenvalue weighted by Gasteiger charge is -2.17. The van der Waals surface area contributed by atoms with Gasteiger partial charge in [-0.15, -0.1) is 0 Å². The van der Waals surface area contributed by atoms with E-state index in [1.165, 1.54) is 46.2 Å². The highest BCUT2D eigenvalue weighted by Crippen LogP contribution is 2.32. The third-order valence-electron chi connectivity index (χ3n) is 5.90. The molecule has 0 saturated heterocycles. The van der Waals surface area contributed by atoms with Crippen LogP contribution < -0.4 is 4.74 Å². The molecule has 3 aromatic carbocycles. The average Bonchev–Trinajstić information content (AvgIpc) is 2.75. The largest absolute Gasteiger partial charge is 0.491 e. The minimum absolute atomic E-state index is 0.192. The quantitative estimate of drug-likeness (QED) is 0.333. The van der Waals surface area contributed by atoms with Gasteiger partial charge < -0.3 is 4.74 Å². The van der Waals surface area contributed by atoms with Gasteiger partial charge >= 0.3 is 0 Å². The Morgan fingerprint density at radius 3 is 1.94 bits per heavy atom. The minimum Gasteiger partial charge on any atom is -0.491 e. The molecule has 0 spiro atoms. The topological polar surface area (TPSA) is 9.23 Å². The Balaban J connectivity index is 1.76. The van der Waals surface area contributed by atoms with Gasteiger partial charge in [0.2, 0.25) is 0 Å². The summed E-state index contributed by atoms with van der Waals surface area (Å²) < 4.78 is 5.77. The molecular weight excluding hydrogens is 396 g/mol. The van der Waals surface area contributed by atoms with Gasteiger partial charge in [0.25, 0.3) is 0 Å². The fraction of sp³-hybridized carbons (Fsp3) is 0.379. The second kappa shape index (κ2) is 10.9. The molecule has 2 heteroatoms. The van der Waals surface area contributed by atoms with Gasteiger partial charge in [0.05, 0.1) is 6.10 Å². The zero-order valence-corrected chi connectivity index (χ0v) is 20.5. The van der Waals surface area contributed by atoms with Gasteiger partial charge in [-0.05, 0) is 96.7 Å². The maximum Gasteiger partial charge on any atom is 0.119 e. The molecule has 2 unspecified atom stereocenters. The zero-order valence-electron chi connectivity index (χ0n) is 19.6. The number of benzene rings is 3. The lowest BCUT2D eigenvalue weighted by molar-refractivity contribution is 0.242. The monoisotopic (exact) mass is 432 g/mol. The molecule has 0 saturated carbocycles. The van der Waals surface area contributed by atoms with Crippen LogP contribution in [0.2, 0.25) is 0 Å². The van der Waals surface area contributed by atoms with Crippen LogP contribution >= 0.6 is 12.6 Å². The molecule has 0 aliphatic carbocycles. The average molecular weight is 433 g/mol. The van der Waals surface area contributed by atoms with E-state index in [0.717, 1.165) is 12.2 Å². The minimum atomic E-state index is 0.192. The maximum atomic E-state index is 5.77. The molecule has 2 atom stereocenters. The fourth-order valence-electron chi connectivity index (χ4n) is 4.15. The van der Waals surface area contributed by atoms with Crippen molar-refractivity contribution in [2.75, 3.05) is 0 Å². The number of thiol groups is 1. The first-order valence-corrected chi connectivity index (χ1v) is 12.0. The summed E-state index contributed by atoms with van der Waals surface area (Å²) in [5.41, 5.74) is 7.76. The molecule has 0 radical (unpaired) electrons. The van der Waals surface area contributed by atoms with Crippen LogP contribution in [-0.2, 0) is 0 Å². The van der Waals surface area contributed by atoms with Crippen molar-refractivity contribution in [1.82, 2.24) is 0 Å². The van der Waals surface area contributed by atoms with Crippen LogP contribution in [0.5, 0.6) is 5.75 Å². The summed E-state index contributed by atoms with van der Waals surface area (Å²) in [6.45, 7) is 10.8. The Morgan fingerprint density at radius 2 is 1.39 bits per heavy atom. The molecule has 164 valence electrons. The summed E-state index contributed by atoms with van der Waals surface area (Å²) >= 11 is 4.54. The van der Waals surface area contributed by atoms with E-state index in [4.69, 9.17) is 4.74 Å². The number of ether oxygens (including phenoxy) is 1. The van der Waals surface area contributed by atoms with Gasteiger partial charge in [-0.1, -0.05) is 68.4 Å². The summed E-state index contributed by atoms with van der Waals surface area (Å²) in [5, 5.41) is 0.466. The maximum absolute atomic E-state index is 5.77. The molecule has 0 N–H and O–H groups in total. The molecular formula is C29H36OS. The molecule has 3 rings (SSSR count). The Hall–Kier alpha value is -2.19. The molecule has 0 heterocycles. The van der Waals surface area contributed by atoms with Crippen molar-refractivity contribution < 1.29 is 4.74 Å². The Morgan fingerprint density at radius 1 is 0.774 bits per heavy atom. The van der Waals surface area contributed by atoms with Crippen LogP contribution in [0, 0.1) is 6.92 Å². The zero-order chi connectivity index (χ0) is 22.4. The van der Waals surface area contributed by atoms with E-state index in [0.29, 0.717) is 11.2 Å². The highest BCUT2D eigenvalue weighted by Gasteiger charge is 2.11. The van der Waals surface area contributed by atoms with E-state index in [1.807, 2.05) is 13.8 Å². The van der Waals surface area contributed by atoms with E-state index in [1.54, 1.807) is 0 Å². The van der Waals surface area contributed by atoms with Crippen molar-refractivity contribution in [2.45, 2.75) is 71.2 Å². The van der Waals surface area contributed by atoms with Crippen LogP contribution in [0.15, 0.2) is 66.7 Å². The summed E-state index contributed by atoms with van der Waals surface area (Å²) in [5.74, 6) is 1.54. The highest BCUT2D eigenvalue weighted by atomic mass is 32.1. The lowest BCUT2D eigenvalue weighted by Crippen LogP contribution is -2.05. The summed E-state index contributed by atoms with van der Waals surface area (Å²) in [6, 6.07) is 24.3. The van der Waals surface area contributed by atoms with Crippen molar-refractivity contribution in [1.29, 1.82) is 0 Å². The van der Waals surface area contributed by atoms with Gasteiger partial charge in [-0.2, -0.15) is 12.6 Å². The predicted octanol–water partition coefficient (Wildman–Crippen LogP) is 8.71. The molecule has 3 aromatic rings. The molecule has 0 fully saturated rings. The van der Waals surface area contributed by atoms with Crippen LogP contribution in [-0.4, -0.2) is 11.4 Å². The number of hydrogen-bond acceptors (Lipinski definition) is 2. The molecule has 31 heavy (non-hydrogen) atoms. The van der Waals surface area contributed by atoms with Gasteiger partial charge in [-0.3, -0.25) is 0 Å². The molecule has 1 nitrogen and oxygen atoms in total. The number of aryl methyl sites for hydroxylation is 1. The first-order valence-electron chi connectivity index (χ1n) is 11.5. The van der Waals surface area contributed by atoms with Gasteiger partial charge in [-0.25, -0.2) is 0 Å². The Labute approximate surface area is 194 Å². The molecule has 0 aromatic heterocycles. The van der Waals surface area contributed by atoms with E-state index < -0.39 is 0 Å². The highest BCUT2D eigenvalue weighted by molar-refractivity contribution is 7.80. The molecule has 0 aliphatic rings. The lowest BCUT2D eigenvalue weighted by atomic mass is 9.89. The SMILES string of the molecule is CCC(CCC(C)S)c1ccc(-c2ccc(-c3ccc(OC(C)C)cc3)c(C)c2)cc1. The second-order valence-corrected chi connectivity index (χ2v) is 9.76. The van der Waals surface area contributed by atoms with Gasteiger partial charge in [0.1, 0.15) is 5.75 Å². The number of rotatable bonds is 9. The third-order valence-corrected chi connectivity index (χ3v) is 6.16. The third kappa shape index (κ3) is 6.40. The van der Waals surface area contributed by atoms with E-state index in [-0.39, 0.29) is 6.10 Å². The molecule has 0 amide bonds. The molecule has 0 bridgehead atoms. The predicted molar refractivity (Wildman–Crippen MR) is 139 cm³/mol. The van der Waals surface area contributed by atoms with Crippen molar-refractivity contribution in [3.05, 3.63) is 77.9 Å². The Bertz CT molecular complexity index is 955. The smallest absolute Gasteiger partial charge is 0.119 e. The van der Waals surface area contributed by atoms with E-state index in [9.17, 15) is 0 Å². The number of hydrogen-bond donors (Lipinski definition) is 1. The van der Waals surface area contributed by atoms with Gasteiger partial charge in [0.15, 0.2) is 0 Å². The van der Waals surface area contributed by atoms with Crippen LogP contribution in [0.1, 0.15) is 64.0 Å². The van der Waals surface area contributed by atoms with E-state index >= 15 is 0 Å². The van der Waals surface area contributed by atoms with Crippen LogP contribution in [0.4, 0.5) is 0 Å². The second-order valence-electron chi connectivity index (χ2n) is 8.87.